The predicted octanol–water partition coefficient (Wildman–Crippen LogP) is 0.508. The van der Waals surface area contributed by atoms with Crippen LogP contribution in [-0.4, -0.2) is 34.2 Å². The molecule has 0 atom stereocenters. The van der Waals surface area contributed by atoms with Crippen molar-refractivity contribution < 1.29 is 61.9 Å². The standard InChI is InChI=1S/C8H10N2O4S.2W/c1-9-8-10-3-4(15-8)2-5(6(11)12)7(13)14;;/h3,5H,2H2,1H3,(H,9,10)(H,11,12)(H,13,14);;. The second kappa shape index (κ2) is 8.78. The molecule has 0 amide bonds. The summed E-state index contributed by atoms with van der Waals surface area (Å²) in [6, 6.07) is 0. The minimum absolute atomic E-state index is 0. The number of carboxylic acids is 2. The van der Waals surface area contributed by atoms with Gasteiger partial charge < -0.3 is 15.5 Å². The fraction of sp³-hybridized carbons (Fsp3) is 0.375. The molecule has 0 fully saturated rings. The van der Waals surface area contributed by atoms with Gasteiger partial charge in [0, 0.05) is 66.7 Å². The van der Waals surface area contributed by atoms with Gasteiger partial charge in [-0.2, -0.15) is 0 Å². The molecule has 0 radical (unpaired) electrons. The maximum atomic E-state index is 10.6. The zero-order valence-corrected chi connectivity index (χ0v) is 15.4. The van der Waals surface area contributed by atoms with Crippen LogP contribution >= 0.6 is 11.3 Å². The van der Waals surface area contributed by atoms with Crippen LogP contribution in [0.3, 0.4) is 0 Å². The van der Waals surface area contributed by atoms with Crippen LogP contribution in [0.4, 0.5) is 5.13 Å². The van der Waals surface area contributed by atoms with Crippen molar-refractivity contribution in [3.63, 3.8) is 0 Å². The van der Waals surface area contributed by atoms with Crippen molar-refractivity contribution in [3.05, 3.63) is 11.1 Å². The summed E-state index contributed by atoms with van der Waals surface area (Å²) in [5.74, 6) is -4.07. The molecule has 0 saturated heterocycles. The van der Waals surface area contributed by atoms with Gasteiger partial charge in [0.25, 0.3) is 0 Å². The number of nitrogens with one attached hydrogen (secondary N) is 1. The minimum atomic E-state index is -1.41. The van der Waals surface area contributed by atoms with Gasteiger partial charge in [-0.1, -0.05) is 0 Å². The molecule has 17 heavy (non-hydrogen) atoms. The number of hydrogen-bond acceptors (Lipinski definition) is 5. The van der Waals surface area contributed by atoms with E-state index < -0.39 is 17.9 Å². The number of anilines is 1. The van der Waals surface area contributed by atoms with E-state index in [-0.39, 0.29) is 48.6 Å². The van der Waals surface area contributed by atoms with Gasteiger partial charge >= 0.3 is 11.9 Å². The maximum Gasteiger partial charge on any atom is 0.318 e. The quantitative estimate of drug-likeness (QED) is 0.428. The third-order valence-corrected chi connectivity index (χ3v) is 2.81. The van der Waals surface area contributed by atoms with E-state index in [9.17, 15) is 9.59 Å². The van der Waals surface area contributed by atoms with Crippen molar-refractivity contribution in [2.24, 2.45) is 5.92 Å². The molecule has 3 N–H and O–H groups in total. The number of rotatable bonds is 5. The van der Waals surface area contributed by atoms with Crippen molar-refractivity contribution in [2.45, 2.75) is 6.42 Å². The third-order valence-electron chi connectivity index (χ3n) is 1.77. The van der Waals surface area contributed by atoms with Crippen LogP contribution in [0.25, 0.3) is 0 Å². The molecule has 6 nitrogen and oxygen atoms in total. The first kappa shape index (κ1) is 19.1. The fourth-order valence-electron chi connectivity index (χ4n) is 0.999. The largest absolute Gasteiger partial charge is 0.481 e. The van der Waals surface area contributed by atoms with Gasteiger partial charge in [0.2, 0.25) is 0 Å². The van der Waals surface area contributed by atoms with Crippen molar-refractivity contribution in [1.82, 2.24) is 4.98 Å². The number of nitrogens with zero attached hydrogens (tertiary/aromatic N) is 1. The van der Waals surface area contributed by atoms with Crippen LogP contribution < -0.4 is 5.32 Å². The average molecular weight is 598 g/mol. The Morgan fingerprint density at radius 2 is 1.94 bits per heavy atom. The summed E-state index contributed by atoms with van der Waals surface area (Å²) in [4.78, 5) is 25.8. The van der Waals surface area contributed by atoms with Gasteiger partial charge in [-0.3, -0.25) is 9.59 Å². The predicted molar refractivity (Wildman–Crippen MR) is 54.1 cm³/mol. The first-order valence-electron chi connectivity index (χ1n) is 4.12. The van der Waals surface area contributed by atoms with Crippen molar-refractivity contribution in [3.8, 4) is 0 Å². The molecule has 0 aromatic carbocycles. The Kier molecular flexibility index (Phi) is 9.86. The molecular weight excluding hydrogens is 588 g/mol. The zero-order valence-electron chi connectivity index (χ0n) is 8.74. The molecule has 0 aliphatic rings. The zero-order chi connectivity index (χ0) is 11.4. The third kappa shape index (κ3) is 5.75. The van der Waals surface area contributed by atoms with Crippen LogP contribution in [0.15, 0.2) is 6.20 Å². The monoisotopic (exact) mass is 598 g/mol. The van der Waals surface area contributed by atoms with Gasteiger partial charge in [0.1, 0.15) is 0 Å². The van der Waals surface area contributed by atoms with E-state index in [1.165, 1.54) is 17.5 Å². The molecular formula is C8H10N2O4SW2. The molecule has 1 heterocycles. The number of aromatic nitrogens is 1. The Labute approximate surface area is 130 Å². The molecule has 0 spiro atoms. The Morgan fingerprint density at radius 1 is 1.41 bits per heavy atom. The van der Waals surface area contributed by atoms with Crippen LogP contribution in [0, 0.1) is 5.92 Å². The molecule has 0 unspecified atom stereocenters. The molecule has 1 rings (SSSR count). The molecule has 9 heteroatoms. The molecule has 94 valence electrons. The van der Waals surface area contributed by atoms with Crippen molar-refractivity contribution >= 4 is 28.4 Å². The summed E-state index contributed by atoms with van der Waals surface area (Å²) >= 11 is 1.25. The van der Waals surface area contributed by atoms with E-state index in [0.29, 0.717) is 10.0 Å². The van der Waals surface area contributed by atoms with Crippen molar-refractivity contribution in [2.75, 3.05) is 12.4 Å². The number of carbonyl (C=O) groups is 2. The molecule has 1 aromatic rings. The molecule has 0 bridgehead atoms. The molecule has 0 saturated carbocycles. The van der Waals surface area contributed by atoms with Crippen LogP contribution in [-0.2, 0) is 58.1 Å². The number of aliphatic carboxylic acids is 2. The minimum Gasteiger partial charge on any atom is -0.481 e. The molecule has 1 aromatic heterocycles. The summed E-state index contributed by atoms with van der Waals surface area (Å²) in [6.07, 6.45) is 1.44. The first-order valence-corrected chi connectivity index (χ1v) is 4.94. The number of carboxylic acid groups (broad SMARTS) is 2. The second-order valence-electron chi connectivity index (χ2n) is 2.81. The fourth-order valence-corrected chi connectivity index (χ4v) is 1.81. The van der Waals surface area contributed by atoms with Gasteiger partial charge in [-0.05, 0) is 0 Å². The van der Waals surface area contributed by atoms with E-state index in [4.69, 9.17) is 10.2 Å². The van der Waals surface area contributed by atoms with E-state index in [1.807, 2.05) is 0 Å². The number of hydrogen-bond donors (Lipinski definition) is 3. The van der Waals surface area contributed by atoms with E-state index >= 15 is 0 Å². The average Bonchev–Trinajstić information content (AvgIpc) is 2.60. The van der Waals surface area contributed by atoms with Crippen molar-refractivity contribution in [1.29, 1.82) is 0 Å². The van der Waals surface area contributed by atoms with Crippen LogP contribution in [0.5, 0.6) is 0 Å². The Balaban J connectivity index is 0. The summed E-state index contributed by atoms with van der Waals surface area (Å²) in [5.41, 5.74) is 0. The molecule has 0 aliphatic heterocycles. The van der Waals surface area contributed by atoms with Gasteiger partial charge in [-0.25, -0.2) is 4.98 Å². The summed E-state index contributed by atoms with van der Waals surface area (Å²) in [7, 11) is 1.69. The molecule has 0 aliphatic carbocycles. The second-order valence-corrected chi connectivity index (χ2v) is 3.93. The van der Waals surface area contributed by atoms with E-state index in [2.05, 4.69) is 10.3 Å². The maximum absolute atomic E-state index is 10.6. The van der Waals surface area contributed by atoms with E-state index in [0.717, 1.165) is 0 Å². The summed E-state index contributed by atoms with van der Waals surface area (Å²) < 4.78 is 0. The summed E-state index contributed by atoms with van der Waals surface area (Å²) in [6.45, 7) is 0. The van der Waals surface area contributed by atoms with Crippen LogP contribution in [0.1, 0.15) is 4.88 Å². The number of thiazole rings is 1. The SMILES string of the molecule is CNc1ncc(CC(C(=O)O)C(=O)O)s1.[W].[W]. The van der Waals surface area contributed by atoms with Crippen LogP contribution in [0.2, 0.25) is 0 Å². The van der Waals surface area contributed by atoms with Gasteiger partial charge in [0.05, 0.1) is 0 Å². The van der Waals surface area contributed by atoms with Gasteiger partial charge in [-0.15, -0.1) is 11.3 Å². The van der Waals surface area contributed by atoms with E-state index in [1.54, 1.807) is 7.05 Å². The normalized spacial score (nSPS) is 9.06. The Hall–Kier alpha value is -0.253. The summed E-state index contributed by atoms with van der Waals surface area (Å²) in [5, 5.41) is 20.7. The Bertz CT molecular complexity index is 371. The van der Waals surface area contributed by atoms with Gasteiger partial charge in [0.15, 0.2) is 11.0 Å². The topological polar surface area (TPSA) is 99.5 Å². The first-order chi connectivity index (χ1) is 7.04. The Morgan fingerprint density at radius 3 is 2.29 bits per heavy atom. The smallest absolute Gasteiger partial charge is 0.318 e.